The Morgan fingerprint density at radius 1 is 1.32 bits per heavy atom. The second-order valence-corrected chi connectivity index (χ2v) is 9.82. The molecule has 10 heteroatoms. The molecule has 176 valence electrons. The van der Waals surface area contributed by atoms with Crippen molar-refractivity contribution in [2.45, 2.75) is 37.6 Å². The molecule has 1 N–H and O–H groups in total. The lowest BCUT2D eigenvalue weighted by molar-refractivity contribution is -0.113. The maximum atomic E-state index is 13.5. The first-order chi connectivity index (χ1) is 16.6. The lowest BCUT2D eigenvalue weighted by atomic mass is 10.2. The SMILES string of the molecule is CCOc1ccc(NC(=O)CSc2nc3c(sc4ncccc43)c(=O)n2CC2CCCO2)cc1. The van der Waals surface area contributed by atoms with Gasteiger partial charge in [0.1, 0.15) is 15.3 Å². The molecule has 1 saturated heterocycles. The van der Waals surface area contributed by atoms with Crippen molar-refractivity contribution in [2.75, 3.05) is 24.3 Å². The predicted octanol–water partition coefficient (Wildman–Crippen LogP) is 4.31. The zero-order valence-corrected chi connectivity index (χ0v) is 20.3. The first kappa shape index (κ1) is 22.8. The molecule has 1 atom stereocenters. The molecule has 1 aliphatic rings. The van der Waals surface area contributed by atoms with E-state index in [1.165, 1.54) is 23.1 Å². The quantitative estimate of drug-likeness (QED) is 0.287. The summed E-state index contributed by atoms with van der Waals surface area (Å²) in [6, 6.07) is 11.0. The van der Waals surface area contributed by atoms with Crippen LogP contribution in [0.1, 0.15) is 19.8 Å². The number of pyridine rings is 1. The molecule has 0 bridgehead atoms. The number of ether oxygens (including phenoxy) is 2. The number of anilines is 1. The van der Waals surface area contributed by atoms with Crippen molar-refractivity contribution in [1.29, 1.82) is 0 Å². The number of carbonyl (C=O) groups is 1. The van der Waals surface area contributed by atoms with Crippen molar-refractivity contribution in [3.63, 3.8) is 0 Å². The lowest BCUT2D eigenvalue weighted by Gasteiger charge is -2.15. The molecule has 1 aromatic carbocycles. The van der Waals surface area contributed by atoms with Crippen LogP contribution in [0.3, 0.4) is 0 Å². The molecule has 1 unspecified atom stereocenters. The van der Waals surface area contributed by atoms with E-state index >= 15 is 0 Å². The summed E-state index contributed by atoms with van der Waals surface area (Å²) in [6.45, 7) is 3.63. The summed E-state index contributed by atoms with van der Waals surface area (Å²) in [7, 11) is 0. The van der Waals surface area contributed by atoms with Crippen molar-refractivity contribution in [3.8, 4) is 5.75 Å². The lowest BCUT2D eigenvalue weighted by Crippen LogP contribution is -2.28. The van der Waals surface area contributed by atoms with Gasteiger partial charge in [-0.1, -0.05) is 11.8 Å². The summed E-state index contributed by atoms with van der Waals surface area (Å²) in [5.41, 5.74) is 1.21. The highest BCUT2D eigenvalue weighted by molar-refractivity contribution is 7.99. The number of hydrogen-bond donors (Lipinski definition) is 1. The fraction of sp³-hybridized carbons (Fsp3) is 0.333. The van der Waals surface area contributed by atoms with Crippen LogP contribution in [0.2, 0.25) is 0 Å². The highest BCUT2D eigenvalue weighted by Crippen LogP contribution is 2.31. The van der Waals surface area contributed by atoms with Gasteiger partial charge in [-0.15, -0.1) is 11.3 Å². The van der Waals surface area contributed by atoms with Crippen LogP contribution in [0.15, 0.2) is 52.5 Å². The van der Waals surface area contributed by atoms with Crippen LogP contribution in [0.4, 0.5) is 5.69 Å². The molecule has 1 aliphatic heterocycles. The predicted molar refractivity (Wildman–Crippen MR) is 135 cm³/mol. The van der Waals surface area contributed by atoms with Gasteiger partial charge in [-0.3, -0.25) is 14.2 Å². The van der Waals surface area contributed by atoms with Crippen LogP contribution >= 0.6 is 23.1 Å². The summed E-state index contributed by atoms with van der Waals surface area (Å²) in [4.78, 5) is 36.1. The second kappa shape index (κ2) is 10.1. The van der Waals surface area contributed by atoms with Gasteiger partial charge in [0.05, 0.1) is 30.5 Å². The van der Waals surface area contributed by atoms with Crippen LogP contribution in [0, 0.1) is 0 Å². The molecule has 0 aliphatic carbocycles. The van der Waals surface area contributed by atoms with E-state index in [1.54, 1.807) is 22.9 Å². The van der Waals surface area contributed by atoms with Crippen molar-refractivity contribution in [1.82, 2.24) is 14.5 Å². The van der Waals surface area contributed by atoms with E-state index in [1.807, 2.05) is 31.2 Å². The van der Waals surface area contributed by atoms with Crippen LogP contribution < -0.4 is 15.6 Å². The molecule has 0 radical (unpaired) electrons. The van der Waals surface area contributed by atoms with E-state index in [0.717, 1.165) is 28.8 Å². The van der Waals surface area contributed by atoms with Crippen molar-refractivity contribution in [2.24, 2.45) is 0 Å². The number of thioether (sulfide) groups is 1. The van der Waals surface area contributed by atoms with E-state index in [2.05, 4.69) is 10.3 Å². The van der Waals surface area contributed by atoms with Gasteiger partial charge in [-0.05, 0) is 56.2 Å². The highest BCUT2D eigenvalue weighted by Gasteiger charge is 2.22. The van der Waals surface area contributed by atoms with Gasteiger partial charge in [-0.2, -0.15) is 0 Å². The van der Waals surface area contributed by atoms with Crippen LogP contribution in [-0.2, 0) is 16.1 Å². The number of nitrogens with one attached hydrogen (secondary N) is 1. The molecular weight excluding hydrogens is 472 g/mol. The van der Waals surface area contributed by atoms with E-state index in [4.69, 9.17) is 14.5 Å². The van der Waals surface area contributed by atoms with Crippen LogP contribution in [0.5, 0.6) is 5.75 Å². The maximum absolute atomic E-state index is 13.5. The highest BCUT2D eigenvalue weighted by atomic mass is 32.2. The Labute approximate surface area is 204 Å². The molecule has 1 amide bonds. The smallest absolute Gasteiger partial charge is 0.272 e. The van der Waals surface area contributed by atoms with E-state index in [-0.39, 0.29) is 23.3 Å². The number of benzene rings is 1. The number of nitrogens with zero attached hydrogens (tertiary/aromatic N) is 3. The van der Waals surface area contributed by atoms with Crippen molar-refractivity contribution < 1.29 is 14.3 Å². The zero-order valence-electron chi connectivity index (χ0n) is 18.7. The number of aromatic nitrogens is 3. The third kappa shape index (κ3) is 4.79. The number of carbonyl (C=O) groups excluding carboxylic acids is 1. The Hall–Kier alpha value is -2.95. The van der Waals surface area contributed by atoms with E-state index < -0.39 is 0 Å². The Bertz CT molecular complexity index is 1380. The molecule has 34 heavy (non-hydrogen) atoms. The standard InChI is InChI=1S/C24H24N4O4S2/c1-2-31-16-9-7-15(8-10-16)26-19(29)14-33-24-27-20-18-6-3-11-25-22(18)34-21(20)23(30)28(24)13-17-5-4-12-32-17/h3,6-11,17H,2,4-5,12-14H2,1H3,(H,26,29). The minimum Gasteiger partial charge on any atom is -0.494 e. The Kier molecular flexibility index (Phi) is 6.80. The number of rotatable bonds is 8. The number of fused-ring (bicyclic) bond motifs is 3. The fourth-order valence-corrected chi connectivity index (χ4v) is 5.77. The molecular formula is C24H24N4O4S2. The Balaban J connectivity index is 1.40. The van der Waals surface area contributed by atoms with Crippen LogP contribution in [0.25, 0.3) is 20.4 Å². The second-order valence-electron chi connectivity index (χ2n) is 7.88. The third-order valence-electron chi connectivity index (χ3n) is 5.51. The van der Waals surface area contributed by atoms with Gasteiger partial charge in [0, 0.05) is 23.9 Å². The zero-order chi connectivity index (χ0) is 23.5. The van der Waals surface area contributed by atoms with Gasteiger partial charge in [0.15, 0.2) is 5.16 Å². The Morgan fingerprint density at radius 2 is 2.18 bits per heavy atom. The van der Waals surface area contributed by atoms with Gasteiger partial charge in [0.2, 0.25) is 5.91 Å². The largest absolute Gasteiger partial charge is 0.494 e. The summed E-state index contributed by atoms with van der Waals surface area (Å²) >= 11 is 2.61. The van der Waals surface area contributed by atoms with Crippen LogP contribution in [-0.4, -0.2) is 45.5 Å². The number of thiophene rings is 1. The summed E-state index contributed by atoms with van der Waals surface area (Å²) in [5, 5.41) is 4.25. The fourth-order valence-electron chi connectivity index (χ4n) is 3.93. The summed E-state index contributed by atoms with van der Waals surface area (Å²) in [6.07, 6.45) is 3.57. The maximum Gasteiger partial charge on any atom is 0.272 e. The first-order valence-electron chi connectivity index (χ1n) is 11.2. The molecule has 8 nitrogen and oxygen atoms in total. The molecule has 4 aromatic rings. The minimum atomic E-state index is -0.177. The summed E-state index contributed by atoms with van der Waals surface area (Å²) < 4.78 is 13.4. The molecule has 4 heterocycles. The van der Waals surface area contributed by atoms with Gasteiger partial charge >= 0.3 is 0 Å². The number of amides is 1. The average Bonchev–Trinajstić information content (AvgIpc) is 3.49. The minimum absolute atomic E-state index is 0.0264. The summed E-state index contributed by atoms with van der Waals surface area (Å²) in [5.74, 6) is 0.698. The van der Waals surface area contributed by atoms with Gasteiger partial charge in [-0.25, -0.2) is 9.97 Å². The average molecular weight is 497 g/mol. The van der Waals surface area contributed by atoms with Crippen molar-refractivity contribution >= 4 is 55.1 Å². The van der Waals surface area contributed by atoms with Gasteiger partial charge < -0.3 is 14.8 Å². The topological polar surface area (TPSA) is 95.3 Å². The molecule has 1 fully saturated rings. The molecule has 0 spiro atoms. The van der Waals surface area contributed by atoms with E-state index in [0.29, 0.717) is 40.8 Å². The third-order valence-corrected chi connectivity index (χ3v) is 7.58. The normalized spacial score (nSPS) is 15.7. The monoisotopic (exact) mass is 496 g/mol. The number of hydrogen-bond acceptors (Lipinski definition) is 8. The molecule has 5 rings (SSSR count). The molecule has 0 saturated carbocycles. The van der Waals surface area contributed by atoms with Gasteiger partial charge in [0.25, 0.3) is 5.56 Å². The van der Waals surface area contributed by atoms with E-state index in [9.17, 15) is 9.59 Å². The molecule has 3 aromatic heterocycles. The van der Waals surface area contributed by atoms with Crippen molar-refractivity contribution in [3.05, 3.63) is 52.9 Å². The first-order valence-corrected chi connectivity index (χ1v) is 13.0. The Morgan fingerprint density at radius 3 is 2.94 bits per heavy atom.